The summed E-state index contributed by atoms with van der Waals surface area (Å²) in [7, 11) is 1.60. The van der Waals surface area contributed by atoms with E-state index in [4.69, 9.17) is 10.2 Å². The summed E-state index contributed by atoms with van der Waals surface area (Å²) >= 11 is 0. The fraction of sp³-hybridized carbons (Fsp3) is 0.400. The molecule has 8 nitrogen and oxygen atoms in total. The number of nitrogens with zero attached hydrogens (tertiary/aromatic N) is 3. The van der Waals surface area contributed by atoms with Crippen molar-refractivity contribution in [3.8, 4) is 0 Å². The third-order valence-corrected chi connectivity index (χ3v) is 2.09. The van der Waals surface area contributed by atoms with Crippen LogP contribution in [0.2, 0.25) is 0 Å². The Labute approximate surface area is 103 Å². The van der Waals surface area contributed by atoms with Crippen molar-refractivity contribution in [1.29, 1.82) is 0 Å². The molecule has 1 aromatic rings. The van der Waals surface area contributed by atoms with Gasteiger partial charge in [-0.2, -0.15) is 0 Å². The molecule has 1 heterocycles. The van der Waals surface area contributed by atoms with Crippen LogP contribution < -0.4 is 10.2 Å². The first-order chi connectivity index (χ1) is 8.54. The van der Waals surface area contributed by atoms with E-state index in [0.717, 1.165) is 0 Å². The molecular weight excluding hydrogens is 240 g/mol. The van der Waals surface area contributed by atoms with Crippen LogP contribution in [0.4, 0.5) is 5.95 Å². The van der Waals surface area contributed by atoms with Crippen LogP contribution >= 0.6 is 0 Å². The molecule has 3 N–H and O–H groups in total. The van der Waals surface area contributed by atoms with Gasteiger partial charge in [0.25, 0.3) is 0 Å². The third-order valence-electron chi connectivity index (χ3n) is 2.09. The van der Waals surface area contributed by atoms with Crippen LogP contribution in [-0.4, -0.2) is 58.3 Å². The number of hydrogen-bond donors (Lipinski definition) is 3. The zero-order valence-electron chi connectivity index (χ0n) is 9.78. The lowest BCUT2D eigenvalue weighted by atomic mass is 10.3. The number of aliphatic hydroxyl groups excluding tert-OH is 1. The zero-order valence-corrected chi connectivity index (χ0v) is 9.78. The molecule has 0 bridgehead atoms. The second-order valence-electron chi connectivity index (χ2n) is 3.55. The number of amides is 1. The fourth-order valence-corrected chi connectivity index (χ4v) is 1.20. The number of hydrogen-bond acceptors (Lipinski definition) is 6. The first-order valence-corrected chi connectivity index (χ1v) is 5.15. The number of carbonyl (C=O) groups is 2. The molecule has 0 saturated carbocycles. The molecule has 0 aromatic carbocycles. The highest BCUT2D eigenvalue weighted by Gasteiger charge is 2.19. The molecular formula is C10H14N4O4. The highest BCUT2D eigenvalue weighted by molar-refractivity contribution is 5.86. The quantitative estimate of drug-likeness (QED) is 0.564. The van der Waals surface area contributed by atoms with Crippen LogP contribution in [0.25, 0.3) is 0 Å². The van der Waals surface area contributed by atoms with Gasteiger partial charge in [0.05, 0.1) is 13.2 Å². The molecule has 1 amide bonds. The van der Waals surface area contributed by atoms with Gasteiger partial charge in [0, 0.05) is 19.4 Å². The van der Waals surface area contributed by atoms with Crippen molar-refractivity contribution in [3.63, 3.8) is 0 Å². The molecule has 0 saturated heterocycles. The van der Waals surface area contributed by atoms with E-state index < -0.39 is 24.5 Å². The van der Waals surface area contributed by atoms with E-state index >= 15 is 0 Å². The van der Waals surface area contributed by atoms with Crippen LogP contribution in [-0.2, 0) is 9.59 Å². The number of carboxylic acid groups (broad SMARTS) is 1. The Bertz CT molecular complexity index is 412. The van der Waals surface area contributed by atoms with Crippen molar-refractivity contribution in [2.75, 3.05) is 25.1 Å². The molecule has 0 aliphatic rings. The van der Waals surface area contributed by atoms with Gasteiger partial charge in [0.15, 0.2) is 0 Å². The van der Waals surface area contributed by atoms with Gasteiger partial charge in [-0.1, -0.05) is 0 Å². The number of aliphatic carboxylic acids is 1. The third kappa shape index (κ3) is 3.98. The van der Waals surface area contributed by atoms with Crippen molar-refractivity contribution in [3.05, 3.63) is 18.5 Å². The average molecular weight is 254 g/mol. The van der Waals surface area contributed by atoms with Crippen LogP contribution in [0.1, 0.15) is 0 Å². The van der Waals surface area contributed by atoms with E-state index in [-0.39, 0.29) is 6.54 Å². The van der Waals surface area contributed by atoms with E-state index in [0.29, 0.717) is 5.95 Å². The van der Waals surface area contributed by atoms with Crippen molar-refractivity contribution in [2.24, 2.45) is 0 Å². The Balaban J connectivity index is 2.52. The topological polar surface area (TPSA) is 116 Å². The fourth-order valence-electron chi connectivity index (χ4n) is 1.20. The molecule has 0 spiro atoms. The summed E-state index contributed by atoms with van der Waals surface area (Å²) in [4.78, 5) is 31.5. The summed E-state index contributed by atoms with van der Waals surface area (Å²) in [6, 6.07) is 0.339. The second-order valence-corrected chi connectivity index (χ2v) is 3.55. The summed E-state index contributed by atoms with van der Waals surface area (Å²) in [5.41, 5.74) is 0. The van der Waals surface area contributed by atoms with Crippen LogP contribution in [0.15, 0.2) is 18.5 Å². The predicted molar refractivity (Wildman–Crippen MR) is 62.0 cm³/mol. The van der Waals surface area contributed by atoms with Crippen molar-refractivity contribution in [1.82, 2.24) is 15.3 Å². The summed E-state index contributed by atoms with van der Waals surface area (Å²) in [6.07, 6.45) is 3.06. The average Bonchev–Trinajstić information content (AvgIpc) is 2.36. The lowest BCUT2D eigenvalue weighted by molar-refractivity contribution is -0.142. The SMILES string of the molecule is CN(CC(=O)NC(CO)C(=O)O)c1ncccn1. The molecule has 1 aromatic heterocycles. The number of aliphatic hydroxyl groups is 1. The monoisotopic (exact) mass is 254 g/mol. The molecule has 1 unspecified atom stereocenters. The first-order valence-electron chi connectivity index (χ1n) is 5.15. The van der Waals surface area contributed by atoms with Crippen LogP contribution in [0.5, 0.6) is 0 Å². The van der Waals surface area contributed by atoms with E-state index in [1.165, 1.54) is 17.3 Å². The molecule has 8 heteroatoms. The van der Waals surface area contributed by atoms with Gasteiger partial charge in [-0.3, -0.25) is 4.79 Å². The summed E-state index contributed by atoms with van der Waals surface area (Å²) in [6.45, 7) is -0.763. The molecule has 98 valence electrons. The summed E-state index contributed by atoms with van der Waals surface area (Å²) in [5, 5.41) is 19.6. The van der Waals surface area contributed by atoms with E-state index in [1.54, 1.807) is 13.1 Å². The lowest BCUT2D eigenvalue weighted by Gasteiger charge is -2.17. The van der Waals surface area contributed by atoms with Gasteiger partial charge >= 0.3 is 5.97 Å². The number of carbonyl (C=O) groups excluding carboxylic acids is 1. The molecule has 1 atom stereocenters. The van der Waals surface area contributed by atoms with Gasteiger partial charge in [-0.15, -0.1) is 0 Å². The maximum Gasteiger partial charge on any atom is 0.328 e. The minimum absolute atomic E-state index is 0.103. The van der Waals surface area contributed by atoms with Crippen molar-refractivity contribution < 1.29 is 19.8 Å². The number of carboxylic acids is 1. The maximum absolute atomic E-state index is 11.5. The van der Waals surface area contributed by atoms with Gasteiger partial charge in [-0.25, -0.2) is 14.8 Å². The normalized spacial score (nSPS) is 11.7. The molecule has 0 fully saturated rings. The van der Waals surface area contributed by atoms with E-state index in [9.17, 15) is 9.59 Å². The molecule has 1 rings (SSSR count). The second kappa shape index (κ2) is 6.50. The predicted octanol–water partition coefficient (Wildman–Crippen LogP) is -1.53. The highest BCUT2D eigenvalue weighted by Crippen LogP contribution is 2.00. The number of rotatable bonds is 6. The number of aromatic nitrogens is 2. The number of nitrogens with one attached hydrogen (secondary N) is 1. The Hall–Kier alpha value is -2.22. The van der Waals surface area contributed by atoms with Gasteiger partial charge in [0.2, 0.25) is 11.9 Å². The summed E-state index contributed by atoms with van der Waals surface area (Å²) in [5.74, 6) is -1.47. The highest BCUT2D eigenvalue weighted by atomic mass is 16.4. The smallest absolute Gasteiger partial charge is 0.328 e. The standard InChI is InChI=1S/C10H14N4O4/c1-14(10-11-3-2-4-12-10)5-8(16)13-7(6-15)9(17)18/h2-4,7,15H,5-6H2,1H3,(H,13,16)(H,17,18). The Morgan fingerprint density at radius 3 is 2.56 bits per heavy atom. The Morgan fingerprint density at radius 2 is 2.06 bits per heavy atom. The number of anilines is 1. The largest absolute Gasteiger partial charge is 0.480 e. The van der Waals surface area contributed by atoms with Crippen molar-refractivity contribution in [2.45, 2.75) is 6.04 Å². The Kier molecular flexibility index (Phi) is 5.00. The van der Waals surface area contributed by atoms with Gasteiger partial charge in [-0.05, 0) is 6.07 Å². The first kappa shape index (κ1) is 13.8. The molecule has 0 aliphatic heterocycles. The van der Waals surface area contributed by atoms with Crippen LogP contribution in [0, 0.1) is 0 Å². The Morgan fingerprint density at radius 1 is 1.44 bits per heavy atom. The lowest BCUT2D eigenvalue weighted by Crippen LogP contribution is -2.47. The van der Waals surface area contributed by atoms with E-state index in [2.05, 4.69) is 15.3 Å². The zero-order chi connectivity index (χ0) is 13.5. The molecule has 18 heavy (non-hydrogen) atoms. The molecule has 0 radical (unpaired) electrons. The van der Waals surface area contributed by atoms with Gasteiger partial charge in [0.1, 0.15) is 6.04 Å². The maximum atomic E-state index is 11.5. The van der Waals surface area contributed by atoms with Gasteiger partial charge < -0.3 is 20.4 Å². The number of likely N-dealkylation sites (N-methyl/N-ethyl adjacent to an activating group) is 1. The van der Waals surface area contributed by atoms with E-state index in [1.807, 2.05) is 0 Å². The van der Waals surface area contributed by atoms with Crippen molar-refractivity contribution >= 4 is 17.8 Å². The minimum Gasteiger partial charge on any atom is -0.480 e. The minimum atomic E-state index is -1.30. The van der Waals surface area contributed by atoms with Crippen LogP contribution in [0.3, 0.4) is 0 Å². The molecule has 0 aliphatic carbocycles. The summed E-state index contributed by atoms with van der Waals surface area (Å²) < 4.78 is 0.